The van der Waals surface area contributed by atoms with Gasteiger partial charge >= 0.3 is 5.97 Å². The summed E-state index contributed by atoms with van der Waals surface area (Å²) < 4.78 is 5.36. The number of hydrogen-bond acceptors (Lipinski definition) is 3. The van der Waals surface area contributed by atoms with E-state index in [0.717, 1.165) is 17.1 Å². The Bertz CT molecular complexity index is 547. The number of ether oxygens (including phenoxy) is 1. The fourth-order valence-corrected chi connectivity index (χ4v) is 1.66. The van der Waals surface area contributed by atoms with Crippen LogP contribution in [0.4, 0.5) is 11.4 Å². The van der Waals surface area contributed by atoms with Gasteiger partial charge in [0.15, 0.2) is 0 Å². The van der Waals surface area contributed by atoms with Gasteiger partial charge in [0.1, 0.15) is 5.75 Å². The van der Waals surface area contributed by atoms with Crippen molar-refractivity contribution in [3.8, 4) is 5.75 Å². The third kappa shape index (κ3) is 3.48. The van der Waals surface area contributed by atoms with Crippen molar-refractivity contribution in [3.63, 3.8) is 0 Å². The van der Waals surface area contributed by atoms with Crippen LogP contribution in [0, 0.1) is 0 Å². The van der Waals surface area contributed by atoms with Crippen molar-refractivity contribution < 1.29 is 14.6 Å². The summed E-state index contributed by atoms with van der Waals surface area (Å²) in [4.78, 5) is 10.7. The maximum absolute atomic E-state index is 10.7. The topological polar surface area (TPSA) is 58.6 Å². The van der Waals surface area contributed by atoms with Gasteiger partial charge in [-0.1, -0.05) is 0 Å². The Morgan fingerprint density at radius 2 is 1.58 bits per heavy atom. The predicted molar refractivity (Wildman–Crippen MR) is 74.3 cm³/mol. The van der Waals surface area contributed by atoms with E-state index < -0.39 is 5.97 Å². The second kappa shape index (κ2) is 5.91. The highest BCUT2D eigenvalue weighted by Gasteiger charge is 2.01. The third-order valence-electron chi connectivity index (χ3n) is 2.59. The Morgan fingerprint density at radius 3 is 2.05 bits per heavy atom. The number of nitrogens with one attached hydrogen (secondary N) is 1. The first kappa shape index (κ1) is 13.0. The van der Waals surface area contributed by atoms with Gasteiger partial charge < -0.3 is 15.2 Å². The molecular formula is C15H15NO3. The number of anilines is 2. The van der Waals surface area contributed by atoms with Crippen molar-refractivity contribution in [3.05, 3.63) is 54.1 Å². The third-order valence-corrected chi connectivity index (χ3v) is 2.59. The van der Waals surface area contributed by atoms with Gasteiger partial charge in [-0.15, -0.1) is 0 Å². The van der Waals surface area contributed by atoms with Gasteiger partial charge in [-0.05, 0) is 55.5 Å². The largest absolute Gasteiger partial charge is 0.494 e. The number of aromatic carboxylic acids is 1. The summed E-state index contributed by atoms with van der Waals surface area (Å²) in [7, 11) is 0. The average Bonchev–Trinajstić information content (AvgIpc) is 2.42. The minimum atomic E-state index is -0.924. The summed E-state index contributed by atoms with van der Waals surface area (Å²) in [6.07, 6.45) is 0. The van der Waals surface area contributed by atoms with Crippen LogP contribution in [0.2, 0.25) is 0 Å². The molecule has 98 valence electrons. The van der Waals surface area contributed by atoms with Gasteiger partial charge in [0.05, 0.1) is 12.2 Å². The molecule has 0 radical (unpaired) electrons. The van der Waals surface area contributed by atoms with Crippen LogP contribution in [0.5, 0.6) is 5.75 Å². The average molecular weight is 257 g/mol. The molecule has 0 unspecified atom stereocenters. The van der Waals surface area contributed by atoms with Crippen LogP contribution < -0.4 is 10.1 Å². The summed E-state index contributed by atoms with van der Waals surface area (Å²) in [5, 5.41) is 12.0. The molecule has 0 aliphatic heterocycles. The molecule has 2 aromatic carbocycles. The van der Waals surface area contributed by atoms with Crippen LogP contribution in [0.3, 0.4) is 0 Å². The van der Waals surface area contributed by atoms with Crippen LogP contribution in [-0.4, -0.2) is 17.7 Å². The molecule has 0 aliphatic rings. The highest BCUT2D eigenvalue weighted by atomic mass is 16.5. The summed E-state index contributed by atoms with van der Waals surface area (Å²) >= 11 is 0. The molecule has 19 heavy (non-hydrogen) atoms. The van der Waals surface area contributed by atoms with E-state index in [9.17, 15) is 4.79 Å². The normalized spacial score (nSPS) is 9.95. The first-order chi connectivity index (χ1) is 9.19. The maximum atomic E-state index is 10.7. The summed E-state index contributed by atoms with van der Waals surface area (Å²) in [6.45, 7) is 2.58. The van der Waals surface area contributed by atoms with Gasteiger partial charge in [-0.2, -0.15) is 0 Å². The number of carboxylic acid groups (broad SMARTS) is 1. The molecule has 0 saturated carbocycles. The summed E-state index contributed by atoms with van der Waals surface area (Å²) in [6, 6.07) is 14.2. The minimum absolute atomic E-state index is 0.275. The molecule has 0 aromatic heterocycles. The molecule has 0 heterocycles. The zero-order valence-corrected chi connectivity index (χ0v) is 10.6. The molecule has 4 nitrogen and oxygen atoms in total. The Balaban J connectivity index is 2.06. The monoisotopic (exact) mass is 257 g/mol. The van der Waals surface area contributed by atoms with Crippen molar-refractivity contribution in [1.29, 1.82) is 0 Å². The van der Waals surface area contributed by atoms with Gasteiger partial charge in [0.2, 0.25) is 0 Å². The molecule has 2 rings (SSSR count). The van der Waals surface area contributed by atoms with E-state index in [4.69, 9.17) is 9.84 Å². The minimum Gasteiger partial charge on any atom is -0.494 e. The van der Waals surface area contributed by atoms with Crippen LogP contribution in [0.1, 0.15) is 17.3 Å². The van der Waals surface area contributed by atoms with Crippen molar-refractivity contribution in [2.75, 3.05) is 11.9 Å². The first-order valence-electron chi connectivity index (χ1n) is 6.02. The lowest BCUT2D eigenvalue weighted by atomic mass is 10.2. The van der Waals surface area contributed by atoms with Crippen LogP contribution in [0.15, 0.2) is 48.5 Å². The van der Waals surface area contributed by atoms with Crippen molar-refractivity contribution in [1.82, 2.24) is 0 Å². The van der Waals surface area contributed by atoms with E-state index in [2.05, 4.69) is 5.32 Å². The molecule has 0 spiro atoms. The fraction of sp³-hybridized carbons (Fsp3) is 0.133. The number of rotatable bonds is 5. The maximum Gasteiger partial charge on any atom is 0.335 e. The Hall–Kier alpha value is -2.49. The van der Waals surface area contributed by atoms with E-state index in [-0.39, 0.29) is 5.56 Å². The zero-order chi connectivity index (χ0) is 13.7. The molecule has 0 amide bonds. The smallest absolute Gasteiger partial charge is 0.335 e. The number of hydrogen-bond donors (Lipinski definition) is 2. The fourth-order valence-electron chi connectivity index (χ4n) is 1.66. The first-order valence-corrected chi connectivity index (χ1v) is 6.02. The van der Waals surface area contributed by atoms with E-state index in [1.54, 1.807) is 24.3 Å². The summed E-state index contributed by atoms with van der Waals surface area (Å²) in [5.74, 6) is -0.0955. The Morgan fingerprint density at radius 1 is 1.05 bits per heavy atom. The van der Waals surface area contributed by atoms with Crippen LogP contribution >= 0.6 is 0 Å². The highest BCUT2D eigenvalue weighted by Crippen LogP contribution is 2.20. The molecule has 0 saturated heterocycles. The molecule has 4 heteroatoms. The molecule has 2 N–H and O–H groups in total. The Kier molecular flexibility index (Phi) is 4.03. The quantitative estimate of drug-likeness (QED) is 0.860. The number of carboxylic acids is 1. The number of benzene rings is 2. The molecule has 0 aliphatic carbocycles. The second-order valence-electron chi connectivity index (χ2n) is 3.96. The predicted octanol–water partition coefficient (Wildman–Crippen LogP) is 3.53. The van der Waals surface area contributed by atoms with Gasteiger partial charge in [0.25, 0.3) is 0 Å². The van der Waals surface area contributed by atoms with Crippen LogP contribution in [0.25, 0.3) is 0 Å². The Labute approximate surface area is 111 Å². The zero-order valence-electron chi connectivity index (χ0n) is 10.6. The molecule has 2 aromatic rings. The van der Waals surface area contributed by atoms with Gasteiger partial charge in [0, 0.05) is 11.4 Å². The van der Waals surface area contributed by atoms with Crippen molar-refractivity contribution >= 4 is 17.3 Å². The second-order valence-corrected chi connectivity index (χ2v) is 3.96. The van der Waals surface area contributed by atoms with E-state index in [0.29, 0.717) is 6.61 Å². The lowest BCUT2D eigenvalue weighted by Gasteiger charge is -2.08. The molecular weight excluding hydrogens is 242 g/mol. The molecule has 0 atom stereocenters. The van der Waals surface area contributed by atoms with Gasteiger partial charge in [-0.25, -0.2) is 4.79 Å². The van der Waals surface area contributed by atoms with E-state index in [1.165, 1.54) is 0 Å². The lowest BCUT2D eigenvalue weighted by Crippen LogP contribution is -1.96. The number of carbonyl (C=O) groups is 1. The van der Waals surface area contributed by atoms with E-state index >= 15 is 0 Å². The summed E-state index contributed by atoms with van der Waals surface area (Å²) in [5.41, 5.74) is 2.04. The van der Waals surface area contributed by atoms with Crippen molar-refractivity contribution in [2.45, 2.75) is 6.92 Å². The van der Waals surface area contributed by atoms with Gasteiger partial charge in [-0.3, -0.25) is 0 Å². The standard InChI is InChI=1S/C15H15NO3/c1-2-19-14-9-7-13(8-10-14)16-12-5-3-11(4-6-12)15(17)18/h3-10,16H,2H2,1H3,(H,17,18). The molecule has 0 bridgehead atoms. The van der Waals surface area contributed by atoms with Crippen molar-refractivity contribution in [2.24, 2.45) is 0 Å². The lowest BCUT2D eigenvalue weighted by molar-refractivity contribution is 0.0697. The SMILES string of the molecule is CCOc1ccc(Nc2ccc(C(=O)O)cc2)cc1. The highest BCUT2D eigenvalue weighted by molar-refractivity contribution is 5.88. The van der Waals surface area contributed by atoms with Crippen LogP contribution in [-0.2, 0) is 0 Å². The molecule has 0 fully saturated rings. The van der Waals surface area contributed by atoms with E-state index in [1.807, 2.05) is 31.2 Å².